The summed E-state index contributed by atoms with van der Waals surface area (Å²) in [4.78, 5) is 4.03. The summed E-state index contributed by atoms with van der Waals surface area (Å²) < 4.78 is 26.0. The van der Waals surface area contributed by atoms with Crippen LogP contribution < -0.4 is 0 Å². The lowest BCUT2D eigenvalue weighted by Crippen LogP contribution is -1.99. The molecular weight excluding hydrogens is 470 g/mol. The van der Waals surface area contributed by atoms with Crippen LogP contribution in [0.2, 0.25) is 0 Å². The minimum absolute atomic E-state index is 0.00969. The van der Waals surface area contributed by atoms with Gasteiger partial charge in [0.15, 0.2) is 0 Å². The van der Waals surface area contributed by atoms with Crippen molar-refractivity contribution in [2.75, 3.05) is 0 Å². The predicted octanol–water partition coefficient (Wildman–Crippen LogP) is 4.12. The van der Waals surface area contributed by atoms with Crippen molar-refractivity contribution in [2.45, 2.75) is 11.8 Å². The van der Waals surface area contributed by atoms with E-state index in [1.165, 1.54) is 6.07 Å². The van der Waals surface area contributed by atoms with E-state index in [1.807, 2.05) is 45.2 Å². The summed E-state index contributed by atoms with van der Waals surface area (Å²) in [6, 6.07) is 1.50. The SMILES string of the molecule is FC(F)c1cc(CBr)c(I)nc1I. The maximum absolute atomic E-state index is 12.4. The monoisotopic (exact) mass is 473 g/mol. The van der Waals surface area contributed by atoms with Crippen molar-refractivity contribution >= 4 is 61.1 Å². The molecule has 0 saturated carbocycles. The lowest BCUT2D eigenvalue weighted by molar-refractivity contribution is 0.149. The molecule has 1 heterocycles. The highest BCUT2D eigenvalue weighted by Gasteiger charge is 2.15. The maximum atomic E-state index is 12.4. The molecule has 0 aromatic carbocycles. The van der Waals surface area contributed by atoms with Gasteiger partial charge in [0.2, 0.25) is 0 Å². The molecule has 0 aliphatic rings. The zero-order valence-corrected chi connectivity index (χ0v) is 12.1. The van der Waals surface area contributed by atoms with Gasteiger partial charge in [-0.3, -0.25) is 0 Å². The molecule has 1 aromatic rings. The van der Waals surface area contributed by atoms with Crippen LogP contribution in [0.25, 0.3) is 0 Å². The standard InChI is InChI=1S/C7H4BrF2I2N/c8-2-3-1-4(5(9)10)7(12)13-6(3)11/h1,5H,2H2. The van der Waals surface area contributed by atoms with Gasteiger partial charge in [-0.05, 0) is 56.8 Å². The Hall–Kier alpha value is 0.950. The highest BCUT2D eigenvalue weighted by molar-refractivity contribution is 14.1. The van der Waals surface area contributed by atoms with Gasteiger partial charge in [-0.25, -0.2) is 13.8 Å². The summed E-state index contributed by atoms with van der Waals surface area (Å²) in [6.45, 7) is 0. The molecule has 0 fully saturated rings. The Morgan fingerprint density at radius 1 is 1.38 bits per heavy atom. The number of pyridine rings is 1. The average molecular weight is 474 g/mol. The summed E-state index contributed by atoms with van der Waals surface area (Å²) in [5, 5.41) is 0.551. The van der Waals surface area contributed by atoms with Crippen LogP contribution in [0.5, 0.6) is 0 Å². The molecule has 0 aliphatic heterocycles. The van der Waals surface area contributed by atoms with Crippen LogP contribution in [0.4, 0.5) is 8.78 Å². The number of halogens is 5. The van der Waals surface area contributed by atoms with E-state index >= 15 is 0 Å². The highest BCUT2D eigenvalue weighted by atomic mass is 127. The third-order valence-electron chi connectivity index (χ3n) is 1.41. The molecule has 6 heteroatoms. The first-order valence-corrected chi connectivity index (χ1v) is 6.53. The molecule has 1 aromatic heterocycles. The topological polar surface area (TPSA) is 12.9 Å². The van der Waals surface area contributed by atoms with E-state index in [-0.39, 0.29) is 5.56 Å². The van der Waals surface area contributed by atoms with Crippen LogP contribution in [0.1, 0.15) is 17.6 Å². The summed E-state index contributed by atoms with van der Waals surface area (Å²) in [5.74, 6) is 0. The number of rotatable bonds is 2. The van der Waals surface area contributed by atoms with E-state index in [9.17, 15) is 8.78 Å². The number of alkyl halides is 3. The zero-order valence-electron chi connectivity index (χ0n) is 6.20. The van der Waals surface area contributed by atoms with Crippen molar-refractivity contribution in [3.8, 4) is 0 Å². The van der Waals surface area contributed by atoms with E-state index in [1.54, 1.807) is 0 Å². The van der Waals surface area contributed by atoms with Crippen molar-refractivity contribution in [1.82, 2.24) is 4.98 Å². The van der Waals surface area contributed by atoms with Gasteiger partial charge in [0.05, 0.1) is 5.56 Å². The fraction of sp³-hybridized carbons (Fsp3) is 0.286. The lowest BCUT2D eigenvalue weighted by Gasteiger charge is -2.06. The van der Waals surface area contributed by atoms with Gasteiger partial charge < -0.3 is 0 Å². The van der Waals surface area contributed by atoms with Crippen molar-refractivity contribution < 1.29 is 8.78 Å². The minimum atomic E-state index is -2.45. The third-order valence-corrected chi connectivity index (χ3v) is 3.81. The number of aromatic nitrogens is 1. The van der Waals surface area contributed by atoms with E-state index in [4.69, 9.17) is 0 Å². The van der Waals surface area contributed by atoms with Crippen LogP contribution in [-0.4, -0.2) is 4.98 Å². The van der Waals surface area contributed by atoms with E-state index in [0.717, 1.165) is 9.26 Å². The molecule has 0 aliphatic carbocycles. The number of hydrogen-bond donors (Lipinski definition) is 0. The molecule has 0 radical (unpaired) electrons. The number of hydrogen-bond acceptors (Lipinski definition) is 1. The van der Waals surface area contributed by atoms with Crippen LogP contribution in [-0.2, 0) is 5.33 Å². The molecule has 1 nitrogen and oxygen atoms in total. The normalized spacial score (nSPS) is 10.9. The van der Waals surface area contributed by atoms with Crippen LogP contribution in [0.3, 0.4) is 0 Å². The Labute approximate surface area is 110 Å². The molecule has 0 bridgehead atoms. The van der Waals surface area contributed by atoms with E-state index in [2.05, 4.69) is 20.9 Å². The second kappa shape index (κ2) is 5.15. The zero-order chi connectivity index (χ0) is 10.0. The molecule has 0 saturated heterocycles. The van der Waals surface area contributed by atoms with Gasteiger partial charge in [-0.15, -0.1) is 0 Å². The Bertz CT molecular complexity index is 320. The first-order chi connectivity index (χ1) is 6.06. The van der Waals surface area contributed by atoms with Gasteiger partial charge >= 0.3 is 0 Å². The molecule has 0 spiro atoms. The first-order valence-electron chi connectivity index (χ1n) is 3.25. The van der Waals surface area contributed by atoms with Gasteiger partial charge in [0.25, 0.3) is 6.43 Å². The fourth-order valence-electron chi connectivity index (χ4n) is 0.776. The molecule has 13 heavy (non-hydrogen) atoms. The second-order valence-electron chi connectivity index (χ2n) is 2.25. The Morgan fingerprint density at radius 2 is 2.00 bits per heavy atom. The molecular formula is C7H4BrF2I2N. The molecule has 0 amide bonds. The van der Waals surface area contributed by atoms with Crippen molar-refractivity contribution in [3.05, 3.63) is 24.6 Å². The molecule has 1 rings (SSSR count). The summed E-state index contributed by atoms with van der Waals surface area (Å²) in [6.07, 6.45) is -2.45. The number of nitrogens with zero attached hydrogens (tertiary/aromatic N) is 1. The molecule has 0 atom stereocenters. The molecule has 0 N–H and O–H groups in total. The van der Waals surface area contributed by atoms with Gasteiger partial charge in [-0.1, -0.05) is 15.9 Å². The Morgan fingerprint density at radius 3 is 2.46 bits per heavy atom. The van der Waals surface area contributed by atoms with Crippen LogP contribution in [0, 0.1) is 7.40 Å². The van der Waals surface area contributed by atoms with Crippen LogP contribution in [0.15, 0.2) is 6.07 Å². The second-order valence-corrected chi connectivity index (χ2v) is 4.86. The fourth-order valence-corrected chi connectivity index (χ4v) is 3.41. The van der Waals surface area contributed by atoms with Crippen LogP contribution >= 0.6 is 61.1 Å². The summed E-state index contributed by atoms with van der Waals surface area (Å²) >= 11 is 7.08. The quantitative estimate of drug-likeness (QED) is 0.358. The first kappa shape index (κ1) is 12.0. The van der Waals surface area contributed by atoms with Crippen molar-refractivity contribution in [2.24, 2.45) is 0 Å². The van der Waals surface area contributed by atoms with Gasteiger partial charge in [-0.2, -0.15) is 0 Å². The van der Waals surface area contributed by atoms with Gasteiger partial charge in [0.1, 0.15) is 7.40 Å². The lowest BCUT2D eigenvalue weighted by atomic mass is 10.2. The third kappa shape index (κ3) is 2.95. The molecule has 0 unspecified atom stereocenters. The van der Waals surface area contributed by atoms with Crippen molar-refractivity contribution in [3.63, 3.8) is 0 Å². The van der Waals surface area contributed by atoms with E-state index in [0.29, 0.717) is 9.03 Å². The smallest absolute Gasteiger partial charge is 0.235 e. The highest BCUT2D eigenvalue weighted by Crippen LogP contribution is 2.26. The van der Waals surface area contributed by atoms with E-state index < -0.39 is 6.43 Å². The minimum Gasteiger partial charge on any atom is -0.235 e. The Kier molecular flexibility index (Phi) is 4.76. The van der Waals surface area contributed by atoms with Crippen molar-refractivity contribution in [1.29, 1.82) is 0 Å². The predicted molar refractivity (Wildman–Crippen MR) is 67.3 cm³/mol. The largest absolute Gasteiger partial charge is 0.266 e. The average Bonchev–Trinajstić information content (AvgIpc) is 2.03. The summed E-state index contributed by atoms with van der Waals surface area (Å²) in [7, 11) is 0. The maximum Gasteiger partial charge on any atom is 0.266 e. The van der Waals surface area contributed by atoms with Gasteiger partial charge in [0, 0.05) is 5.33 Å². The Balaban J connectivity index is 3.22. The summed E-state index contributed by atoms with van der Waals surface area (Å²) in [5.41, 5.74) is 0.812. The molecule has 72 valence electrons.